The Bertz CT molecular complexity index is 733. The third-order valence-electron chi connectivity index (χ3n) is 3.59. The van der Waals surface area contributed by atoms with Crippen molar-refractivity contribution < 1.29 is 13.2 Å². The van der Waals surface area contributed by atoms with E-state index < -0.39 is 11.6 Å². The van der Waals surface area contributed by atoms with Crippen molar-refractivity contribution >= 4 is 11.0 Å². The molecule has 1 atom stereocenters. The van der Waals surface area contributed by atoms with E-state index in [4.69, 9.17) is 4.42 Å². The number of nitrogens with one attached hydrogen (secondary N) is 1. The smallest absolute Gasteiger partial charge is 0.162 e. The average Bonchev–Trinajstić information content (AvgIpc) is 2.92. The number of para-hydroxylation sites is 1. The summed E-state index contributed by atoms with van der Waals surface area (Å²) in [4.78, 5) is 0. The highest BCUT2D eigenvalue weighted by molar-refractivity contribution is 5.77. The van der Waals surface area contributed by atoms with Gasteiger partial charge in [0.25, 0.3) is 0 Å². The van der Waals surface area contributed by atoms with E-state index in [1.165, 1.54) is 6.07 Å². The largest absolute Gasteiger partial charge is 0.459 e. The highest BCUT2D eigenvalue weighted by Gasteiger charge is 2.18. The van der Waals surface area contributed by atoms with Gasteiger partial charge in [-0.25, -0.2) is 8.78 Å². The Morgan fingerprint density at radius 1 is 1.10 bits per heavy atom. The fourth-order valence-electron chi connectivity index (χ4n) is 2.45. The van der Waals surface area contributed by atoms with Crippen molar-refractivity contribution in [1.29, 1.82) is 0 Å². The molecule has 0 saturated heterocycles. The number of fused-ring (bicyclic) bond motifs is 1. The van der Waals surface area contributed by atoms with Crippen LogP contribution in [0, 0.1) is 11.6 Å². The molecule has 3 aromatic rings. The Labute approximate surface area is 121 Å². The fourth-order valence-corrected chi connectivity index (χ4v) is 2.45. The molecule has 3 rings (SSSR count). The first-order valence-corrected chi connectivity index (χ1v) is 6.77. The van der Waals surface area contributed by atoms with Crippen molar-refractivity contribution in [2.75, 3.05) is 7.05 Å². The monoisotopic (exact) mass is 287 g/mol. The molecule has 2 nitrogen and oxygen atoms in total. The third kappa shape index (κ3) is 2.67. The lowest BCUT2D eigenvalue weighted by Crippen LogP contribution is -2.19. The van der Waals surface area contributed by atoms with Crippen LogP contribution in [0.2, 0.25) is 0 Å². The van der Waals surface area contributed by atoms with Gasteiger partial charge >= 0.3 is 0 Å². The lowest BCUT2D eigenvalue weighted by molar-refractivity contribution is 0.438. The maximum Gasteiger partial charge on any atom is 0.162 e. The zero-order valence-electron chi connectivity index (χ0n) is 11.6. The van der Waals surface area contributed by atoms with Crippen molar-refractivity contribution in [2.24, 2.45) is 0 Å². The molecule has 1 aromatic heterocycles. The molecule has 0 aliphatic heterocycles. The number of hydrogen-bond acceptors (Lipinski definition) is 2. The summed E-state index contributed by atoms with van der Waals surface area (Å²) < 4.78 is 32.9. The molecular weight excluding hydrogens is 272 g/mol. The third-order valence-corrected chi connectivity index (χ3v) is 3.59. The number of furan rings is 1. The lowest BCUT2D eigenvalue weighted by atomic mass is 10.0. The van der Waals surface area contributed by atoms with Gasteiger partial charge in [-0.3, -0.25) is 0 Å². The van der Waals surface area contributed by atoms with Crippen molar-refractivity contribution in [2.45, 2.75) is 12.5 Å². The Hall–Kier alpha value is -2.20. The van der Waals surface area contributed by atoms with E-state index in [-0.39, 0.29) is 6.04 Å². The molecule has 0 saturated carbocycles. The second-order valence-electron chi connectivity index (χ2n) is 4.94. The van der Waals surface area contributed by atoms with Gasteiger partial charge in [0, 0.05) is 5.39 Å². The minimum Gasteiger partial charge on any atom is -0.459 e. The molecule has 0 fully saturated rings. The minimum absolute atomic E-state index is 0.214. The molecule has 1 N–H and O–H groups in total. The summed E-state index contributed by atoms with van der Waals surface area (Å²) in [5.41, 5.74) is 1.11. The van der Waals surface area contributed by atoms with Crippen molar-refractivity contribution in [3.8, 4) is 0 Å². The molecule has 21 heavy (non-hydrogen) atoms. The highest BCUT2D eigenvalue weighted by atomic mass is 19.2. The summed E-state index contributed by atoms with van der Waals surface area (Å²) in [5, 5.41) is 4.08. The van der Waals surface area contributed by atoms with Crippen LogP contribution in [-0.2, 0) is 6.42 Å². The summed E-state index contributed by atoms with van der Waals surface area (Å²) in [6.07, 6.45) is 0.319. The van der Waals surface area contributed by atoms with Gasteiger partial charge in [0.15, 0.2) is 11.6 Å². The Morgan fingerprint density at radius 2 is 1.90 bits per heavy atom. The average molecular weight is 287 g/mol. The molecule has 0 aliphatic rings. The maximum atomic E-state index is 13.8. The predicted octanol–water partition coefficient (Wildman–Crippen LogP) is 4.21. The molecule has 1 unspecified atom stereocenters. The molecule has 1 heterocycles. The van der Waals surface area contributed by atoms with Gasteiger partial charge in [0.05, 0.1) is 6.04 Å². The summed E-state index contributed by atoms with van der Waals surface area (Å²) in [5.74, 6) is -0.914. The number of likely N-dealkylation sites (N-methyl/N-ethyl adjacent to an activating group) is 1. The zero-order valence-corrected chi connectivity index (χ0v) is 11.6. The number of benzene rings is 2. The topological polar surface area (TPSA) is 25.2 Å². The normalized spacial score (nSPS) is 12.7. The van der Waals surface area contributed by atoms with E-state index in [2.05, 4.69) is 5.32 Å². The zero-order chi connectivity index (χ0) is 14.8. The molecule has 0 amide bonds. The van der Waals surface area contributed by atoms with E-state index in [1.54, 1.807) is 13.1 Å². The Kier molecular flexibility index (Phi) is 3.71. The quantitative estimate of drug-likeness (QED) is 0.777. The summed E-state index contributed by atoms with van der Waals surface area (Å²) in [6.45, 7) is 0. The highest BCUT2D eigenvalue weighted by Crippen LogP contribution is 2.27. The van der Waals surface area contributed by atoms with Crippen LogP contribution in [0.5, 0.6) is 0 Å². The van der Waals surface area contributed by atoms with E-state index >= 15 is 0 Å². The standard InChI is InChI=1S/C17H15F2NO/c1-20-14(9-12-6-4-7-13(18)17(12)19)16-10-11-5-2-3-8-15(11)21-16/h2-8,10,14,20H,9H2,1H3. The number of rotatable bonds is 4. The van der Waals surface area contributed by atoms with Crippen LogP contribution in [0.15, 0.2) is 52.9 Å². The van der Waals surface area contributed by atoms with Crippen LogP contribution in [-0.4, -0.2) is 7.05 Å². The molecule has 0 bridgehead atoms. The van der Waals surface area contributed by atoms with Crippen molar-refractivity contribution in [3.63, 3.8) is 0 Å². The summed E-state index contributed by atoms with van der Waals surface area (Å²) in [7, 11) is 1.77. The molecule has 0 aliphatic carbocycles. The Balaban J connectivity index is 1.93. The molecular formula is C17H15F2NO. The SMILES string of the molecule is CNC(Cc1cccc(F)c1F)c1cc2ccccc2o1. The van der Waals surface area contributed by atoms with Gasteiger partial charge in [0.1, 0.15) is 11.3 Å². The first-order valence-electron chi connectivity index (χ1n) is 6.77. The van der Waals surface area contributed by atoms with Gasteiger partial charge in [-0.2, -0.15) is 0 Å². The molecule has 2 aromatic carbocycles. The fraction of sp³-hybridized carbons (Fsp3) is 0.176. The van der Waals surface area contributed by atoms with Crippen LogP contribution in [0.3, 0.4) is 0 Å². The number of halogens is 2. The Morgan fingerprint density at radius 3 is 2.67 bits per heavy atom. The molecule has 108 valence electrons. The van der Waals surface area contributed by atoms with Crippen LogP contribution >= 0.6 is 0 Å². The van der Waals surface area contributed by atoms with E-state index in [0.717, 1.165) is 17.0 Å². The van der Waals surface area contributed by atoms with Crippen molar-refractivity contribution in [1.82, 2.24) is 5.32 Å². The second kappa shape index (κ2) is 5.66. The van der Waals surface area contributed by atoms with E-state index in [1.807, 2.05) is 30.3 Å². The number of hydrogen-bond donors (Lipinski definition) is 1. The molecule has 0 radical (unpaired) electrons. The van der Waals surface area contributed by atoms with Gasteiger partial charge in [0.2, 0.25) is 0 Å². The molecule has 0 spiro atoms. The minimum atomic E-state index is -0.827. The van der Waals surface area contributed by atoms with Crippen LogP contribution in [0.25, 0.3) is 11.0 Å². The van der Waals surface area contributed by atoms with Gasteiger partial charge in [-0.05, 0) is 37.2 Å². The maximum absolute atomic E-state index is 13.8. The van der Waals surface area contributed by atoms with Crippen LogP contribution < -0.4 is 5.32 Å². The summed E-state index contributed by atoms with van der Waals surface area (Å²) >= 11 is 0. The van der Waals surface area contributed by atoms with Crippen LogP contribution in [0.1, 0.15) is 17.4 Å². The van der Waals surface area contributed by atoms with Crippen LogP contribution in [0.4, 0.5) is 8.78 Å². The first-order chi connectivity index (χ1) is 10.2. The van der Waals surface area contributed by atoms with Gasteiger partial charge in [-0.1, -0.05) is 30.3 Å². The van der Waals surface area contributed by atoms with E-state index in [9.17, 15) is 8.78 Å². The van der Waals surface area contributed by atoms with Gasteiger partial charge < -0.3 is 9.73 Å². The van der Waals surface area contributed by atoms with Crippen molar-refractivity contribution in [3.05, 3.63) is 71.5 Å². The van der Waals surface area contributed by atoms with Gasteiger partial charge in [-0.15, -0.1) is 0 Å². The first kappa shape index (κ1) is 13.8. The lowest BCUT2D eigenvalue weighted by Gasteiger charge is -2.14. The second-order valence-corrected chi connectivity index (χ2v) is 4.94. The van der Waals surface area contributed by atoms with E-state index in [0.29, 0.717) is 17.7 Å². The predicted molar refractivity (Wildman–Crippen MR) is 78.1 cm³/mol. The molecule has 4 heteroatoms. The summed E-state index contributed by atoms with van der Waals surface area (Å²) in [6, 6.07) is 13.6.